The van der Waals surface area contributed by atoms with Gasteiger partial charge in [0.2, 0.25) is 0 Å². The minimum Gasteiger partial charge on any atom is -0.325 e. The van der Waals surface area contributed by atoms with Crippen molar-refractivity contribution in [1.29, 1.82) is 0 Å². The summed E-state index contributed by atoms with van der Waals surface area (Å²) in [6, 6.07) is 5.48. The Labute approximate surface area is 116 Å². The molecular weight excluding hydrogens is 271 g/mol. The lowest BCUT2D eigenvalue weighted by molar-refractivity contribution is 0.584. The van der Waals surface area contributed by atoms with Gasteiger partial charge in [0.15, 0.2) is 0 Å². The van der Waals surface area contributed by atoms with Gasteiger partial charge in [-0.15, -0.1) is 5.10 Å². The maximum atomic E-state index is 6.04. The van der Waals surface area contributed by atoms with Crippen LogP contribution in [0.2, 0.25) is 10.0 Å². The summed E-state index contributed by atoms with van der Waals surface area (Å²) in [5, 5.41) is 9.26. The first kappa shape index (κ1) is 13.3. The largest absolute Gasteiger partial charge is 0.325 e. The minimum atomic E-state index is 0.347. The lowest BCUT2D eigenvalue weighted by Crippen LogP contribution is -2.04. The molecule has 0 radical (unpaired) electrons. The molecule has 0 amide bonds. The molecule has 0 saturated carbocycles. The number of rotatable bonds is 4. The first-order valence-corrected chi connectivity index (χ1v) is 6.50. The number of halogens is 2. The molecule has 96 valence electrons. The van der Waals surface area contributed by atoms with Crippen molar-refractivity contribution in [3.63, 3.8) is 0 Å². The van der Waals surface area contributed by atoms with Gasteiger partial charge in [-0.25, -0.2) is 4.68 Å². The van der Waals surface area contributed by atoms with Crippen LogP contribution in [0.4, 0.5) is 0 Å². The van der Waals surface area contributed by atoms with Crippen LogP contribution in [-0.4, -0.2) is 15.0 Å². The van der Waals surface area contributed by atoms with E-state index in [1.54, 1.807) is 6.07 Å². The van der Waals surface area contributed by atoms with E-state index in [2.05, 4.69) is 17.2 Å². The lowest BCUT2D eigenvalue weighted by Gasteiger charge is -2.07. The van der Waals surface area contributed by atoms with Crippen molar-refractivity contribution in [2.24, 2.45) is 5.73 Å². The fourth-order valence-corrected chi connectivity index (χ4v) is 2.11. The fourth-order valence-electron chi connectivity index (χ4n) is 1.81. The Morgan fingerprint density at radius 3 is 2.67 bits per heavy atom. The monoisotopic (exact) mass is 284 g/mol. The van der Waals surface area contributed by atoms with Crippen molar-refractivity contribution in [2.75, 3.05) is 0 Å². The predicted molar refractivity (Wildman–Crippen MR) is 73.7 cm³/mol. The Kier molecular flexibility index (Phi) is 4.22. The molecule has 0 fully saturated rings. The average molecular weight is 285 g/mol. The Morgan fingerprint density at radius 1 is 1.28 bits per heavy atom. The molecule has 4 nitrogen and oxygen atoms in total. The topological polar surface area (TPSA) is 56.7 Å². The molecule has 0 aliphatic heterocycles. The first-order chi connectivity index (χ1) is 8.67. The van der Waals surface area contributed by atoms with Gasteiger partial charge in [-0.3, -0.25) is 0 Å². The number of hydrogen-bond acceptors (Lipinski definition) is 3. The van der Waals surface area contributed by atoms with E-state index in [-0.39, 0.29) is 0 Å². The predicted octanol–water partition coefficient (Wildman–Crippen LogP) is 3.12. The highest BCUT2D eigenvalue weighted by atomic mass is 35.5. The molecule has 2 aromatic rings. The van der Waals surface area contributed by atoms with Crippen LogP contribution in [0.3, 0.4) is 0 Å². The van der Waals surface area contributed by atoms with Crippen molar-refractivity contribution in [1.82, 2.24) is 15.0 Å². The maximum Gasteiger partial charge on any atom is 0.104 e. The molecule has 1 heterocycles. The van der Waals surface area contributed by atoms with Crippen molar-refractivity contribution < 1.29 is 0 Å². The second-order valence-electron chi connectivity index (χ2n) is 3.94. The standard InChI is InChI=1S/C12H14Cl2N4/c1-2-5-18-12(11(7-15)16-17-18)8-3-4-9(13)10(14)6-8/h3-4,6H,2,5,7,15H2,1H3. The van der Waals surface area contributed by atoms with Crippen LogP contribution >= 0.6 is 23.2 Å². The Morgan fingerprint density at radius 2 is 2.06 bits per heavy atom. The summed E-state index contributed by atoms with van der Waals surface area (Å²) in [6.45, 7) is 3.23. The molecule has 1 aromatic carbocycles. The highest BCUT2D eigenvalue weighted by molar-refractivity contribution is 6.42. The molecule has 0 aliphatic carbocycles. The highest BCUT2D eigenvalue weighted by Crippen LogP contribution is 2.29. The van der Waals surface area contributed by atoms with Crippen molar-refractivity contribution in [2.45, 2.75) is 26.4 Å². The normalized spacial score (nSPS) is 10.9. The van der Waals surface area contributed by atoms with Gasteiger partial charge in [-0.05, 0) is 18.6 Å². The number of hydrogen-bond donors (Lipinski definition) is 1. The average Bonchev–Trinajstić information content (AvgIpc) is 2.76. The van der Waals surface area contributed by atoms with Gasteiger partial charge < -0.3 is 5.73 Å². The van der Waals surface area contributed by atoms with Crippen molar-refractivity contribution in [3.05, 3.63) is 33.9 Å². The SMILES string of the molecule is CCCn1nnc(CN)c1-c1ccc(Cl)c(Cl)c1. The van der Waals surface area contributed by atoms with Gasteiger partial charge in [0.05, 0.1) is 15.7 Å². The molecule has 18 heavy (non-hydrogen) atoms. The third-order valence-electron chi connectivity index (χ3n) is 2.63. The summed E-state index contributed by atoms with van der Waals surface area (Å²) in [5.74, 6) is 0. The molecular formula is C12H14Cl2N4. The molecule has 0 bridgehead atoms. The molecule has 2 rings (SSSR count). The summed E-state index contributed by atoms with van der Waals surface area (Å²) in [6.07, 6.45) is 0.974. The van der Waals surface area contributed by atoms with Crippen LogP contribution < -0.4 is 5.73 Å². The summed E-state index contributed by atoms with van der Waals surface area (Å²) in [5.41, 5.74) is 8.30. The Hall–Kier alpha value is -1.10. The molecule has 0 spiro atoms. The number of nitrogens with two attached hydrogens (primary N) is 1. The van der Waals surface area contributed by atoms with Gasteiger partial charge in [0, 0.05) is 18.7 Å². The zero-order chi connectivity index (χ0) is 13.1. The number of aryl methyl sites for hydroxylation is 1. The van der Waals surface area contributed by atoms with Crippen LogP contribution in [0, 0.1) is 0 Å². The smallest absolute Gasteiger partial charge is 0.104 e. The van der Waals surface area contributed by atoms with E-state index in [0.717, 1.165) is 29.9 Å². The third kappa shape index (κ3) is 2.51. The number of benzene rings is 1. The Balaban J connectivity index is 2.53. The molecule has 0 aliphatic rings. The molecule has 0 saturated heterocycles. The highest BCUT2D eigenvalue weighted by Gasteiger charge is 2.14. The lowest BCUT2D eigenvalue weighted by atomic mass is 10.1. The van der Waals surface area contributed by atoms with E-state index in [1.807, 2.05) is 16.8 Å². The zero-order valence-corrected chi connectivity index (χ0v) is 11.5. The minimum absolute atomic E-state index is 0.347. The fraction of sp³-hybridized carbons (Fsp3) is 0.333. The first-order valence-electron chi connectivity index (χ1n) is 5.75. The Bertz CT molecular complexity index is 551. The second-order valence-corrected chi connectivity index (χ2v) is 4.76. The van der Waals surface area contributed by atoms with Crippen LogP contribution in [0.5, 0.6) is 0 Å². The maximum absolute atomic E-state index is 6.04. The van der Waals surface area contributed by atoms with Gasteiger partial charge in [0.25, 0.3) is 0 Å². The van der Waals surface area contributed by atoms with Gasteiger partial charge in [-0.1, -0.05) is 41.4 Å². The number of nitrogens with zero attached hydrogens (tertiary/aromatic N) is 3. The van der Waals surface area contributed by atoms with Crippen molar-refractivity contribution >= 4 is 23.2 Å². The third-order valence-corrected chi connectivity index (χ3v) is 3.37. The van der Waals surface area contributed by atoms with E-state index < -0.39 is 0 Å². The van der Waals surface area contributed by atoms with E-state index in [4.69, 9.17) is 28.9 Å². The summed E-state index contributed by atoms with van der Waals surface area (Å²) < 4.78 is 1.85. The van der Waals surface area contributed by atoms with Crippen molar-refractivity contribution in [3.8, 4) is 11.3 Å². The van der Waals surface area contributed by atoms with Crippen LogP contribution in [0.25, 0.3) is 11.3 Å². The van der Waals surface area contributed by atoms with E-state index in [9.17, 15) is 0 Å². The van der Waals surface area contributed by atoms with Crippen LogP contribution in [0.1, 0.15) is 19.0 Å². The molecule has 0 atom stereocenters. The van der Waals surface area contributed by atoms with E-state index in [0.29, 0.717) is 16.6 Å². The summed E-state index contributed by atoms with van der Waals surface area (Å²) in [7, 11) is 0. The van der Waals surface area contributed by atoms with Gasteiger partial charge in [0.1, 0.15) is 5.69 Å². The van der Waals surface area contributed by atoms with Crippen LogP contribution in [-0.2, 0) is 13.1 Å². The quantitative estimate of drug-likeness (QED) is 0.939. The zero-order valence-electron chi connectivity index (χ0n) is 10.0. The van der Waals surface area contributed by atoms with Gasteiger partial charge in [-0.2, -0.15) is 0 Å². The van der Waals surface area contributed by atoms with Crippen LogP contribution in [0.15, 0.2) is 18.2 Å². The molecule has 1 aromatic heterocycles. The molecule has 6 heteroatoms. The molecule has 2 N–H and O–H groups in total. The van der Waals surface area contributed by atoms with Gasteiger partial charge >= 0.3 is 0 Å². The van der Waals surface area contributed by atoms with E-state index >= 15 is 0 Å². The molecule has 0 unspecified atom stereocenters. The number of aromatic nitrogens is 3. The summed E-state index contributed by atoms with van der Waals surface area (Å²) >= 11 is 12.0. The van der Waals surface area contributed by atoms with E-state index in [1.165, 1.54) is 0 Å². The summed E-state index contributed by atoms with van der Waals surface area (Å²) in [4.78, 5) is 0. The second kappa shape index (κ2) is 5.69.